The van der Waals surface area contributed by atoms with E-state index in [-0.39, 0.29) is 0 Å². The molecule has 2 heterocycles. The molecule has 2 rings (SSSR count). The lowest BCUT2D eigenvalue weighted by Crippen LogP contribution is -2.48. The number of hydrogen-bond donors (Lipinski definition) is 1. The smallest absolute Gasteiger partial charge is 0.0480 e. The topological polar surface area (TPSA) is 24.5 Å². The van der Waals surface area contributed by atoms with Crippen molar-refractivity contribution >= 4 is 11.8 Å². The van der Waals surface area contributed by atoms with Gasteiger partial charge in [-0.15, -0.1) is 0 Å². The summed E-state index contributed by atoms with van der Waals surface area (Å²) in [5.74, 6) is 1.29. The van der Waals surface area contributed by atoms with Gasteiger partial charge in [0.05, 0.1) is 0 Å². The summed E-state index contributed by atoms with van der Waals surface area (Å²) < 4.78 is 5.37. The van der Waals surface area contributed by atoms with E-state index >= 15 is 0 Å². The zero-order valence-corrected chi connectivity index (χ0v) is 12.0. The normalized spacial score (nSPS) is 32.8. The van der Waals surface area contributed by atoms with Crippen molar-refractivity contribution < 1.29 is 4.74 Å². The van der Waals surface area contributed by atoms with Crippen LogP contribution in [0.4, 0.5) is 0 Å². The van der Waals surface area contributed by atoms with Gasteiger partial charge < -0.3 is 10.1 Å². The molecule has 4 heteroatoms. The van der Waals surface area contributed by atoms with Crippen LogP contribution in [0, 0.1) is 0 Å². The summed E-state index contributed by atoms with van der Waals surface area (Å²) in [5, 5.41) is 4.46. The van der Waals surface area contributed by atoms with Crippen LogP contribution >= 0.6 is 11.8 Å². The number of ether oxygens (including phenoxy) is 1. The minimum Gasteiger partial charge on any atom is -0.381 e. The zero-order chi connectivity index (χ0) is 12.1. The van der Waals surface area contributed by atoms with Gasteiger partial charge in [-0.05, 0) is 19.8 Å². The van der Waals surface area contributed by atoms with Crippen LogP contribution in [0.2, 0.25) is 0 Å². The Morgan fingerprint density at radius 3 is 2.82 bits per heavy atom. The molecule has 3 nitrogen and oxygen atoms in total. The third-order valence-corrected chi connectivity index (χ3v) is 5.41. The van der Waals surface area contributed by atoms with Crippen molar-refractivity contribution in [3.63, 3.8) is 0 Å². The van der Waals surface area contributed by atoms with Gasteiger partial charge in [0.1, 0.15) is 0 Å². The fourth-order valence-electron chi connectivity index (χ4n) is 2.63. The Kier molecular flexibility index (Phi) is 5.60. The molecule has 2 fully saturated rings. The molecule has 2 unspecified atom stereocenters. The van der Waals surface area contributed by atoms with Crippen LogP contribution in [0.3, 0.4) is 0 Å². The van der Waals surface area contributed by atoms with Gasteiger partial charge >= 0.3 is 0 Å². The summed E-state index contributed by atoms with van der Waals surface area (Å²) in [4.78, 5) is 2.63. The van der Waals surface area contributed by atoms with E-state index in [9.17, 15) is 0 Å². The Labute approximate surface area is 110 Å². The second-order valence-electron chi connectivity index (χ2n) is 5.19. The Morgan fingerprint density at radius 1 is 1.29 bits per heavy atom. The molecule has 0 aromatic rings. The maximum absolute atomic E-state index is 5.37. The van der Waals surface area contributed by atoms with Crippen LogP contribution in [0.5, 0.6) is 0 Å². The van der Waals surface area contributed by atoms with Gasteiger partial charge in [0, 0.05) is 55.9 Å². The van der Waals surface area contributed by atoms with Gasteiger partial charge in [0.2, 0.25) is 0 Å². The van der Waals surface area contributed by atoms with Crippen molar-refractivity contribution in [2.75, 3.05) is 38.6 Å². The second-order valence-corrected chi connectivity index (χ2v) is 6.68. The van der Waals surface area contributed by atoms with Crippen LogP contribution in [-0.2, 0) is 4.74 Å². The zero-order valence-electron chi connectivity index (χ0n) is 11.2. The van der Waals surface area contributed by atoms with E-state index in [1.165, 1.54) is 31.7 Å². The van der Waals surface area contributed by atoms with Crippen LogP contribution < -0.4 is 5.32 Å². The van der Waals surface area contributed by atoms with Crippen molar-refractivity contribution in [2.24, 2.45) is 0 Å². The first-order chi connectivity index (χ1) is 8.27. The molecule has 0 radical (unpaired) electrons. The van der Waals surface area contributed by atoms with Crippen LogP contribution in [0.15, 0.2) is 0 Å². The molecule has 17 heavy (non-hydrogen) atoms. The molecule has 1 N–H and O–H groups in total. The molecule has 2 saturated heterocycles. The van der Waals surface area contributed by atoms with Gasteiger partial charge in [0.15, 0.2) is 0 Å². The number of nitrogens with zero attached hydrogens (tertiary/aromatic N) is 1. The molecular weight excluding hydrogens is 232 g/mol. The monoisotopic (exact) mass is 258 g/mol. The SMILES string of the molecule is CC1SCCN(CCNC2CCOCC2)C1C. The molecule has 0 aromatic heterocycles. The first kappa shape index (κ1) is 13.7. The highest BCUT2D eigenvalue weighted by Crippen LogP contribution is 2.23. The average Bonchev–Trinajstić information content (AvgIpc) is 2.36. The number of rotatable bonds is 4. The van der Waals surface area contributed by atoms with Gasteiger partial charge in [-0.25, -0.2) is 0 Å². The summed E-state index contributed by atoms with van der Waals surface area (Å²) in [7, 11) is 0. The fraction of sp³-hybridized carbons (Fsp3) is 1.00. The molecule has 0 spiro atoms. The largest absolute Gasteiger partial charge is 0.381 e. The maximum Gasteiger partial charge on any atom is 0.0480 e. The molecule has 0 saturated carbocycles. The van der Waals surface area contributed by atoms with Crippen LogP contribution in [-0.4, -0.2) is 60.8 Å². The summed E-state index contributed by atoms with van der Waals surface area (Å²) in [5.41, 5.74) is 0. The van der Waals surface area contributed by atoms with E-state index in [1.807, 2.05) is 0 Å². The summed E-state index contributed by atoms with van der Waals surface area (Å²) in [6.45, 7) is 10.2. The second kappa shape index (κ2) is 6.98. The van der Waals surface area contributed by atoms with Gasteiger partial charge in [-0.1, -0.05) is 6.92 Å². The summed E-state index contributed by atoms with van der Waals surface area (Å²) in [6, 6.07) is 1.42. The Bertz CT molecular complexity index is 221. The first-order valence-corrected chi connectivity index (χ1v) is 7.99. The summed E-state index contributed by atoms with van der Waals surface area (Å²) in [6.07, 6.45) is 2.36. The number of nitrogens with one attached hydrogen (secondary N) is 1. The molecule has 0 bridgehead atoms. The van der Waals surface area contributed by atoms with Crippen LogP contribution in [0.1, 0.15) is 26.7 Å². The fourth-order valence-corrected chi connectivity index (χ4v) is 3.79. The highest BCUT2D eigenvalue weighted by molar-refractivity contribution is 8.00. The highest BCUT2D eigenvalue weighted by atomic mass is 32.2. The molecule has 2 aliphatic rings. The van der Waals surface area contributed by atoms with E-state index in [0.29, 0.717) is 6.04 Å². The van der Waals surface area contributed by atoms with E-state index < -0.39 is 0 Å². The predicted molar refractivity (Wildman–Crippen MR) is 74.8 cm³/mol. The van der Waals surface area contributed by atoms with Gasteiger partial charge in [0.25, 0.3) is 0 Å². The van der Waals surface area contributed by atoms with Crippen molar-refractivity contribution in [3.8, 4) is 0 Å². The van der Waals surface area contributed by atoms with E-state index in [1.54, 1.807) is 0 Å². The molecule has 2 atom stereocenters. The molecule has 2 aliphatic heterocycles. The third-order valence-electron chi connectivity index (χ3n) is 4.07. The van der Waals surface area contributed by atoms with Crippen molar-refractivity contribution in [3.05, 3.63) is 0 Å². The lowest BCUT2D eigenvalue weighted by atomic mass is 10.1. The van der Waals surface area contributed by atoms with Gasteiger partial charge in [-0.3, -0.25) is 4.90 Å². The van der Waals surface area contributed by atoms with Crippen LogP contribution in [0.25, 0.3) is 0 Å². The summed E-state index contributed by atoms with van der Waals surface area (Å²) >= 11 is 2.11. The van der Waals surface area contributed by atoms with Crippen molar-refractivity contribution in [1.29, 1.82) is 0 Å². The lowest BCUT2D eigenvalue weighted by Gasteiger charge is -2.37. The Morgan fingerprint density at radius 2 is 2.06 bits per heavy atom. The average molecular weight is 258 g/mol. The highest BCUT2D eigenvalue weighted by Gasteiger charge is 2.24. The molecule has 100 valence electrons. The minimum atomic E-state index is 0.690. The van der Waals surface area contributed by atoms with E-state index in [4.69, 9.17) is 4.74 Å². The number of thioether (sulfide) groups is 1. The maximum atomic E-state index is 5.37. The predicted octanol–water partition coefficient (Wildman–Crippen LogP) is 1.58. The molecule has 0 aliphatic carbocycles. The molecule has 0 amide bonds. The van der Waals surface area contributed by atoms with Gasteiger partial charge in [-0.2, -0.15) is 11.8 Å². The molecule has 0 aromatic carbocycles. The molecular formula is C13H26N2OS. The van der Waals surface area contributed by atoms with E-state index in [0.717, 1.165) is 31.1 Å². The Hall–Kier alpha value is 0.230. The Balaban J connectivity index is 1.63. The third kappa shape index (κ3) is 4.12. The van der Waals surface area contributed by atoms with E-state index in [2.05, 4.69) is 35.8 Å². The number of hydrogen-bond acceptors (Lipinski definition) is 4. The minimum absolute atomic E-state index is 0.690. The quantitative estimate of drug-likeness (QED) is 0.827. The standard InChI is InChI=1S/C13H26N2OS/c1-11-12(2)17-10-7-15(11)6-5-14-13-3-8-16-9-4-13/h11-14H,3-10H2,1-2H3. The first-order valence-electron chi connectivity index (χ1n) is 6.94. The lowest BCUT2D eigenvalue weighted by molar-refractivity contribution is 0.0767. The van der Waals surface area contributed by atoms with Crippen molar-refractivity contribution in [2.45, 2.75) is 44.0 Å². The van der Waals surface area contributed by atoms with Crippen molar-refractivity contribution in [1.82, 2.24) is 10.2 Å².